The van der Waals surface area contributed by atoms with Crippen molar-refractivity contribution in [2.75, 3.05) is 0 Å². The van der Waals surface area contributed by atoms with Crippen LogP contribution in [0.2, 0.25) is 0 Å². The summed E-state index contributed by atoms with van der Waals surface area (Å²) in [6.07, 6.45) is 2.35. The van der Waals surface area contributed by atoms with Crippen molar-refractivity contribution in [2.45, 2.75) is 6.92 Å². The molecule has 0 fully saturated rings. The first-order chi connectivity index (χ1) is 7.70. The van der Waals surface area contributed by atoms with Crippen molar-refractivity contribution < 1.29 is 9.18 Å². The van der Waals surface area contributed by atoms with E-state index in [1.807, 2.05) is 19.1 Å². The summed E-state index contributed by atoms with van der Waals surface area (Å²) in [5.41, 5.74) is 2.66. The third-order valence-electron chi connectivity index (χ3n) is 2.36. The summed E-state index contributed by atoms with van der Waals surface area (Å²) in [7, 11) is 0. The van der Waals surface area contributed by atoms with Gasteiger partial charge in [0.2, 0.25) is 0 Å². The minimum Gasteiger partial charge on any atom is -0.298 e. The van der Waals surface area contributed by atoms with Crippen LogP contribution in [-0.2, 0) is 0 Å². The van der Waals surface area contributed by atoms with Crippen molar-refractivity contribution in [2.24, 2.45) is 0 Å². The van der Waals surface area contributed by atoms with E-state index in [9.17, 15) is 9.18 Å². The van der Waals surface area contributed by atoms with Crippen LogP contribution in [0.5, 0.6) is 0 Å². The van der Waals surface area contributed by atoms with Crippen LogP contribution in [0.3, 0.4) is 0 Å². The highest BCUT2D eigenvalue weighted by molar-refractivity contribution is 5.87. The van der Waals surface area contributed by atoms with Crippen LogP contribution in [0.15, 0.2) is 36.5 Å². The molecule has 0 aliphatic heterocycles. The molecule has 0 saturated heterocycles. The molecule has 3 heteroatoms. The fourth-order valence-electron chi connectivity index (χ4n) is 1.51. The Morgan fingerprint density at radius 2 is 2.06 bits per heavy atom. The third kappa shape index (κ3) is 1.98. The summed E-state index contributed by atoms with van der Waals surface area (Å²) in [6.45, 7) is 1.87. The molecule has 0 aliphatic carbocycles. The van der Waals surface area contributed by atoms with E-state index in [2.05, 4.69) is 4.98 Å². The standard InChI is InChI=1S/C13H10FNO/c1-9-2-3-10(7-15-9)13-6-12(14)5-4-11(13)8-16/h2-8H,1H3. The molecule has 2 aromatic rings. The van der Waals surface area contributed by atoms with E-state index >= 15 is 0 Å². The minimum absolute atomic E-state index is 0.360. The number of nitrogens with zero attached hydrogens (tertiary/aromatic N) is 1. The summed E-state index contributed by atoms with van der Waals surface area (Å²) in [4.78, 5) is 15.0. The second kappa shape index (κ2) is 4.23. The van der Waals surface area contributed by atoms with Crippen LogP contribution in [0.4, 0.5) is 4.39 Å². The van der Waals surface area contributed by atoms with Gasteiger partial charge < -0.3 is 0 Å². The van der Waals surface area contributed by atoms with Crippen LogP contribution in [0.1, 0.15) is 16.1 Å². The average molecular weight is 215 g/mol. The van der Waals surface area contributed by atoms with E-state index in [-0.39, 0.29) is 5.82 Å². The van der Waals surface area contributed by atoms with Crippen molar-refractivity contribution in [1.82, 2.24) is 4.98 Å². The number of carbonyl (C=O) groups excluding carboxylic acids is 1. The van der Waals surface area contributed by atoms with Gasteiger partial charge in [-0.25, -0.2) is 4.39 Å². The summed E-state index contributed by atoms with van der Waals surface area (Å²) >= 11 is 0. The van der Waals surface area contributed by atoms with Gasteiger partial charge in [0.05, 0.1) is 0 Å². The molecule has 1 aromatic heterocycles. The van der Waals surface area contributed by atoms with Crippen LogP contribution in [-0.4, -0.2) is 11.3 Å². The van der Waals surface area contributed by atoms with E-state index < -0.39 is 0 Å². The highest BCUT2D eigenvalue weighted by Gasteiger charge is 2.06. The van der Waals surface area contributed by atoms with Gasteiger partial charge in [0.1, 0.15) is 5.82 Å². The number of carbonyl (C=O) groups is 1. The molecule has 0 N–H and O–H groups in total. The summed E-state index contributed by atoms with van der Waals surface area (Å²) < 4.78 is 13.1. The van der Waals surface area contributed by atoms with Gasteiger partial charge in [0.15, 0.2) is 6.29 Å². The Hall–Kier alpha value is -2.03. The molecule has 2 rings (SSSR count). The number of benzene rings is 1. The second-order valence-electron chi connectivity index (χ2n) is 3.54. The highest BCUT2D eigenvalue weighted by atomic mass is 19.1. The molecule has 0 unspecified atom stereocenters. The van der Waals surface area contributed by atoms with Gasteiger partial charge in [0.25, 0.3) is 0 Å². The molecule has 0 spiro atoms. The van der Waals surface area contributed by atoms with Crippen molar-refractivity contribution in [3.05, 3.63) is 53.6 Å². The molecule has 80 valence electrons. The predicted molar refractivity (Wildman–Crippen MR) is 59.8 cm³/mol. The van der Waals surface area contributed by atoms with Gasteiger partial charge in [-0.3, -0.25) is 9.78 Å². The molecule has 2 nitrogen and oxygen atoms in total. The Morgan fingerprint density at radius 1 is 1.25 bits per heavy atom. The van der Waals surface area contributed by atoms with Crippen LogP contribution >= 0.6 is 0 Å². The zero-order valence-electron chi connectivity index (χ0n) is 8.77. The minimum atomic E-state index is -0.360. The van der Waals surface area contributed by atoms with Gasteiger partial charge in [-0.1, -0.05) is 6.07 Å². The Balaban J connectivity index is 2.57. The lowest BCUT2D eigenvalue weighted by molar-refractivity contribution is 0.112. The molecule has 0 saturated carbocycles. The Bertz CT molecular complexity index is 520. The zero-order valence-corrected chi connectivity index (χ0v) is 8.77. The lowest BCUT2D eigenvalue weighted by Gasteiger charge is -2.05. The maximum absolute atomic E-state index is 13.1. The maximum atomic E-state index is 13.1. The molecule has 0 bridgehead atoms. The molecule has 16 heavy (non-hydrogen) atoms. The molecule has 1 heterocycles. The highest BCUT2D eigenvalue weighted by Crippen LogP contribution is 2.23. The fraction of sp³-hybridized carbons (Fsp3) is 0.0769. The predicted octanol–water partition coefficient (Wildman–Crippen LogP) is 3.01. The molecule has 1 aromatic carbocycles. The zero-order chi connectivity index (χ0) is 11.5. The smallest absolute Gasteiger partial charge is 0.150 e. The Labute approximate surface area is 92.8 Å². The number of pyridine rings is 1. The molecule has 0 radical (unpaired) electrons. The topological polar surface area (TPSA) is 30.0 Å². The first-order valence-corrected chi connectivity index (χ1v) is 4.88. The van der Waals surface area contributed by atoms with Crippen molar-refractivity contribution in [3.63, 3.8) is 0 Å². The monoisotopic (exact) mass is 215 g/mol. The largest absolute Gasteiger partial charge is 0.298 e. The molecule has 0 aliphatic rings. The fourth-order valence-corrected chi connectivity index (χ4v) is 1.51. The molecule has 0 atom stereocenters. The molecular formula is C13H10FNO. The van der Waals surface area contributed by atoms with E-state index in [1.165, 1.54) is 18.2 Å². The summed E-state index contributed by atoms with van der Waals surface area (Å²) in [5.74, 6) is -0.360. The SMILES string of the molecule is Cc1ccc(-c2cc(F)ccc2C=O)cn1. The van der Waals surface area contributed by atoms with E-state index in [4.69, 9.17) is 0 Å². The quantitative estimate of drug-likeness (QED) is 0.721. The van der Waals surface area contributed by atoms with Crippen molar-refractivity contribution in [3.8, 4) is 11.1 Å². The van der Waals surface area contributed by atoms with Crippen LogP contribution < -0.4 is 0 Å². The lowest BCUT2D eigenvalue weighted by atomic mass is 10.0. The number of aromatic nitrogens is 1. The van der Waals surface area contributed by atoms with Crippen molar-refractivity contribution >= 4 is 6.29 Å². The van der Waals surface area contributed by atoms with Gasteiger partial charge in [-0.2, -0.15) is 0 Å². The number of hydrogen-bond acceptors (Lipinski definition) is 2. The van der Waals surface area contributed by atoms with Crippen molar-refractivity contribution in [1.29, 1.82) is 0 Å². The molecule has 0 amide bonds. The van der Waals surface area contributed by atoms with Gasteiger partial charge in [0, 0.05) is 23.0 Å². The first-order valence-electron chi connectivity index (χ1n) is 4.88. The van der Waals surface area contributed by atoms with Crippen LogP contribution in [0.25, 0.3) is 11.1 Å². The Kier molecular flexibility index (Phi) is 2.77. The number of rotatable bonds is 2. The lowest BCUT2D eigenvalue weighted by Crippen LogP contribution is -1.90. The normalized spacial score (nSPS) is 10.1. The number of hydrogen-bond donors (Lipinski definition) is 0. The summed E-state index contributed by atoms with van der Waals surface area (Å²) in [5, 5.41) is 0. The second-order valence-corrected chi connectivity index (χ2v) is 3.54. The van der Waals surface area contributed by atoms with E-state index in [0.717, 1.165) is 11.3 Å². The number of halogens is 1. The summed E-state index contributed by atoms with van der Waals surface area (Å²) in [6, 6.07) is 7.74. The maximum Gasteiger partial charge on any atom is 0.150 e. The Morgan fingerprint density at radius 3 is 2.69 bits per heavy atom. The number of aldehydes is 1. The van der Waals surface area contributed by atoms with Gasteiger partial charge in [-0.15, -0.1) is 0 Å². The average Bonchev–Trinajstić information content (AvgIpc) is 2.30. The molecular weight excluding hydrogens is 205 g/mol. The van der Waals surface area contributed by atoms with Crippen LogP contribution in [0, 0.1) is 12.7 Å². The van der Waals surface area contributed by atoms with E-state index in [0.29, 0.717) is 17.4 Å². The third-order valence-corrected chi connectivity index (χ3v) is 2.36. The van der Waals surface area contributed by atoms with Gasteiger partial charge >= 0.3 is 0 Å². The van der Waals surface area contributed by atoms with Gasteiger partial charge in [-0.05, 0) is 36.8 Å². The first kappa shape index (κ1) is 10.5. The number of aryl methyl sites for hydroxylation is 1. The van der Waals surface area contributed by atoms with E-state index in [1.54, 1.807) is 6.20 Å².